The molecule has 2 nitrogen and oxygen atoms in total. The van der Waals surface area contributed by atoms with Gasteiger partial charge in [-0.2, -0.15) is 0 Å². The molecule has 0 unspecified atom stereocenters. The lowest BCUT2D eigenvalue weighted by Gasteiger charge is -2.09. The van der Waals surface area contributed by atoms with Crippen molar-refractivity contribution in [2.75, 3.05) is 0 Å². The summed E-state index contributed by atoms with van der Waals surface area (Å²) < 4.78 is 23.6. The summed E-state index contributed by atoms with van der Waals surface area (Å²) >= 11 is 0. The molecule has 0 atom stereocenters. The van der Waals surface area contributed by atoms with Crippen LogP contribution < -0.4 is 0 Å². The molecule has 0 aliphatic carbocycles. The summed E-state index contributed by atoms with van der Waals surface area (Å²) in [6.07, 6.45) is 0. The van der Waals surface area contributed by atoms with Gasteiger partial charge in [-0.25, -0.2) is 8.42 Å². The van der Waals surface area contributed by atoms with Crippen LogP contribution in [-0.4, -0.2) is 13.7 Å². The second-order valence-corrected chi connectivity index (χ2v) is 6.82. The van der Waals surface area contributed by atoms with E-state index in [0.717, 1.165) is 5.56 Å². The summed E-state index contributed by atoms with van der Waals surface area (Å²) in [6.45, 7) is 11.6. The summed E-state index contributed by atoms with van der Waals surface area (Å²) in [7, 11) is -3.12. The van der Waals surface area contributed by atoms with Gasteiger partial charge in [-0.3, -0.25) is 0 Å². The largest absolute Gasteiger partial charge is 0.223 e. The molecule has 0 saturated carbocycles. The van der Waals surface area contributed by atoms with Crippen LogP contribution in [0.15, 0.2) is 29.2 Å². The number of sulfone groups is 1. The molecule has 0 saturated heterocycles. The van der Waals surface area contributed by atoms with Gasteiger partial charge in [0.2, 0.25) is 0 Å². The maximum absolute atomic E-state index is 11.8. The summed E-state index contributed by atoms with van der Waals surface area (Å²) in [6, 6.07) is 7.18. The molecule has 0 aliphatic rings. The molecule has 0 heterocycles. The van der Waals surface area contributed by atoms with E-state index in [1.807, 2.05) is 26.0 Å². The molecule has 17 heavy (non-hydrogen) atoms. The molecule has 98 valence electrons. The van der Waals surface area contributed by atoms with Gasteiger partial charge in [0.05, 0.1) is 10.1 Å². The Morgan fingerprint density at radius 1 is 0.882 bits per heavy atom. The van der Waals surface area contributed by atoms with Crippen LogP contribution in [0, 0.1) is 0 Å². The van der Waals surface area contributed by atoms with Gasteiger partial charge < -0.3 is 0 Å². The first-order valence-corrected chi connectivity index (χ1v) is 7.74. The summed E-state index contributed by atoms with van der Waals surface area (Å²) in [5, 5.41) is -0.359. The SMILES string of the molecule is CC.CC(C)c1ccc(S(=O)(=O)C(C)C)cc1. The zero-order valence-electron chi connectivity index (χ0n) is 11.7. The first-order valence-electron chi connectivity index (χ1n) is 6.19. The van der Waals surface area contributed by atoms with Crippen molar-refractivity contribution >= 4 is 9.84 Å². The molecule has 0 N–H and O–H groups in total. The standard InChI is InChI=1S/C12H18O2S.C2H6/c1-9(2)11-5-7-12(8-6-11)15(13,14)10(3)4;1-2/h5-10H,1-4H3;1-2H3. The molecule has 0 amide bonds. The maximum Gasteiger partial charge on any atom is 0.180 e. The first kappa shape index (κ1) is 16.2. The zero-order valence-corrected chi connectivity index (χ0v) is 12.5. The van der Waals surface area contributed by atoms with Crippen molar-refractivity contribution in [1.82, 2.24) is 0 Å². The lowest BCUT2D eigenvalue weighted by atomic mass is 10.0. The Bertz CT molecular complexity index is 414. The average molecular weight is 256 g/mol. The van der Waals surface area contributed by atoms with E-state index in [1.54, 1.807) is 26.0 Å². The highest BCUT2D eigenvalue weighted by atomic mass is 32.2. The molecule has 0 spiro atoms. The highest BCUT2D eigenvalue weighted by Crippen LogP contribution is 2.20. The molecule has 1 aromatic carbocycles. The van der Waals surface area contributed by atoms with Crippen molar-refractivity contribution < 1.29 is 8.42 Å². The van der Waals surface area contributed by atoms with E-state index in [1.165, 1.54) is 0 Å². The van der Waals surface area contributed by atoms with Crippen LogP contribution in [0.4, 0.5) is 0 Å². The van der Waals surface area contributed by atoms with Crippen molar-refractivity contribution in [3.63, 3.8) is 0 Å². The molecule has 0 aliphatic heterocycles. The fourth-order valence-electron chi connectivity index (χ4n) is 1.31. The highest BCUT2D eigenvalue weighted by molar-refractivity contribution is 7.92. The van der Waals surface area contributed by atoms with E-state index in [9.17, 15) is 8.42 Å². The van der Waals surface area contributed by atoms with E-state index in [0.29, 0.717) is 10.8 Å². The van der Waals surface area contributed by atoms with Gasteiger partial charge in [0.15, 0.2) is 9.84 Å². The smallest absolute Gasteiger partial charge is 0.180 e. The Hall–Kier alpha value is -0.830. The lowest BCUT2D eigenvalue weighted by Crippen LogP contribution is -2.13. The predicted molar refractivity (Wildman–Crippen MR) is 74.2 cm³/mol. The molecular formula is C14H24O2S. The monoisotopic (exact) mass is 256 g/mol. The molecule has 1 aromatic rings. The fraction of sp³-hybridized carbons (Fsp3) is 0.571. The third-order valence-electron chi connectivity index (χ3n) is 2.50. The van der Waals surface area contributed by atoms with E-state index in [2.05, 4.69) is 13.8 Å². The van der Waals surface area contributed by atoms with E-state index < -0.39 is 9.84 Å². The molecule has 0 bridgehead atoms. The van der Waals surface area contributed by atoms with Crippen LogP contribution in [0.1, 0.15) is 53.0 Å². The van der Waals surface area contributed by atoms with Crippen LogP contribution in [0.2, 0.25) is 0 Å². The third-order valence-corrected chi connectivity index (χ3v) is 4.67. The van der Waals surface area contributed by atoms with Gasteiger partial charge in [0.1, 0.15) is 0 Å². The molecular weight excluding hydrogens is 232 g/mol. The molecule has 3 heteroatoms. The van der Waals surface area contributed by atoms with E-state index >= 15 is 0 Å². The van der Waals surface area contributed by atoms with Crippen molar-refractivity contribution in [2.24, 2.45) is 0 Å². The van der Waals surface area contributed by atoms with Gasteiger partial charge in [-0.1, -0.05) is 39.8 Å². The normalized spacial score (nSPS) is 11.3. The molecule has 1 rings (SSSR count). The van der Waals surface area contributed by atoms with Crippen LogP contribution in [0.5, 0.6) is 0 Å². The topological polar surface area (TPSA) is 34.1 Å². The van der Waals surface area contributed by atoms with Crippen molar-refractivity contribution in [3.05, 3.63) is 29.8 Å². The van der Waals surface area contributed by atoms with Crippen LogP contribution in [-0.2, 0) is 9.84 Å². The Morgan fingerprint density at radius 2 is 1.29 bits per heavy atom. The minimum absolute atomic E-state index is 0.359. The quantitative estimate of drug-likeness (QED) is 0.818. The number of hydrogen-bond acceptors (Lipinski definition) is 2. The van der Waals surface area contributed by atoms with Gasteiger partial charge >= 0.3 is 0 Å². The Balaban J connectivity index is 0.00000121. The Kier molecular flexibility index (Phi) is 6.46. The van der Waals surface area contributed by atoms with Crippen LogP contribution in [0.3, 0.4) is 0 Å². The minimum Gasteiger partial charge on any atom is -0.223 e. The van der Waals surface area contributed by atoms with Crippen molar-refractivity contribution in [2.45, 2.75) is 57.6 Å². The Morgan fingerprint density at radius 3 is 1.59 bits per heavy atom. The summed E-state index contributed by atoms with van der Waals surface area (Å²) in [4.78, 5) is 0.418. The van der Waals surface area contributed by atoms with Gasteiger partial charge in [0, 0.05) is 0 Å². The average Bonchev–Trinajstić information content (AvgIpc) is 2.31. The molecule has 0 fully saturated rings. The van der Waals surface area contributed by atoms with Crippen molar-refractivity contribution in [1.29, 1.82) is 0 Å². The Labute approximate surface area is 106 Å². The van der Waals surface area contributed by atoms with Gasteiger partial charge in [-0.15, -0.1) is 0 Å². The third kappa shape index (κ3) is 4.15. The minimum atomic E-state index is -3.12. The van der Waals surface area contributed by atoms with Crippen LogP contribution in [0.25, 0.3) is 0 Å². The number of benzene rings is 1. The first-order chi connectivity index (χ1) is 7.85. The van der Waals surface area contributed by atoms with Crippen LogP contribution >= 0.6 is 0 Å². The lowest BCUT2D eigenvalue weighted by molar-refractivity contribution is 0.587. The predicted octanol–water partition coefficient (Wildman–Crippen LogP) is 4.02. The van der Waals surface area contributed by atoms with E-state index in [4.69, 9.17) is 0 Å². The second kappa shape index (κ2) is 6.80. The second-order valence-electron chi connectivity index (χ2n) is 4.32. The van der Waals surface area contributed by atoms with Gasteiger partial charge in [-0.05, 0) is 37.5 Å². The summed E-state index contributed by atoms with van der Waals surface area (Å²) in [5.41, 5.74) is 1.16. The maximum atomic E-state index is 11.8. The number of hydrogen-bond donors (Lipinski definition) is 0. The summed E-state index contributed by atoms with van der Waals surface area (Å²) in [5.74, 6) is 0.431. The molecule has 0 aromatic heterocycles. The number of rotatable bonds is 3. The highest BCUT2D eigenvalue weighted by Gasteiger charge is 2.18. The van der Waals surface area contributed by atoms with E-state index in [-0.39, 0.29) is 5.25 Å². The van der Waals surface area contributed by atoms with Crippen molar-refractivity contribution in [3.8, 4) is 0 Å². The zero-order chi connectivity index (χ0) is 13.6. The fourth-order valence-corrected chi connectivity index (χ4v) is 2.37. The molecule has 0 radical (unpaired) electrons. The van der Waals surface area contributed by atoms with Gasteiger partial charge in [0.25, 0.3) is 0 Å².